The van der Waals surface area contributed by atoms with Crippen molar-refractivity contribution in [1.29, 1.82) is 0 Å². The molecule has 2 unspecified atom stereocenters. The number of hydrogen-bond acceptors (Lipinski definition) is 5. The monoisotopic (exact) mass is 487 g/mol. The van der Waals surface area contributed by atoms with E-state index in [-0.39, 0.29) is 29.2 Å². The van der Waals surface area contributed by atoms with Crippen LogP contribution in [0.1, 0.15) is 64.1 Å². The average Bonchev–Trinajstić information content (AvgIpc) is 3.40. The molecule has 0 radical (unpaired) electrons. The lowest BCUT2D eigenvalue weighted by Crippen LogP contribution is -2.30. The van der Waals surface area contributed by atoms with Crippen molar-refractivity contribution in [3.05, 3.63) is 82.9 Å². The molecule has 1 aromatic carbocycles. The number of carbonyl (C=O) groups excluding carboxylic acids is 1. The summed E-state index contributed by atoms with van der Waals surface area (Å²) in [5.74, 6) is -0.488. The number of nitrogens with two attached hydrogens (primary N) is 1. The molecule has 9 heteroatoms. The Balaban J connectivity index is 1.39. The molecule has 2 aliphatic carbocycles. The van der Waals surface area contributed by atoms with E-state index < -0.39 is 6.61 Å². The van der Waals surface area contributed by atoms with Crippen LogP contribution in [0.15, 0.2) is 54.9 Å². The molecule has 36 heavy (non-hydrogen) atoms. The van der Waals surface area contributed by atoms with Gasteiger partial charge in [0.25, 0.3) is 5.91 Å². The van der Waals surface area contributed by atoms with Crippen LogP contribution >= 0.6 is 0 Å². The van der Waals surface area contributed by atoms with Crippen LogP contribution in [0.4, 0.5) is 8.78 Å². The van der Waals surface area contributed by atoms with Gasteiger partial charge in [-0.1, -0.05) is 12.1 Å². The fourth-order valence-corrected chi connectivity index (χ4v) is 5.79. The molecule has 2 bridgehead atoms. The Morgan fingerprint density at radius 2 is 1.97 bits per heavy atom. The second-order valence-corrected chi connectivity index (χ2v) is 9.95. The summed E-state index contributed by atoms with van der Waals surface area (Å²) in [6, 6.07) is 12.5. The van der Waals surface area contributed by atoms with Crippen LogP contribution in [-0.2, 0) is 5.54 Å². The zero-order chi connectivity index (χ0) is 24.8. The van der Waals surface area contributed by atoms with E-state index >= 15 is 0 Å². The summed E-state index contributed by atoms with van der Waals surface area (Å²) < 4.78 is 33.3. The van der Waals surface area contributed by atoms with Gasteiger partial charge in [-0.25, -0.2) is 4.52 Å². The van der Waals surface area contributed by atoms with Crippen molar-refractivity contribution in [3.63, 3.8) is 0 Å². The minimum Gasteiger partial charge on any atom is -0.434 e. The predicted molar refractivity (Wildman–Crippen MR) is 128 cm³/mol. The number of benzene rings is 1. The first-order valence-corrected chi connectivity index (χ1v) is 12.0. The Morgan fingerprint density at radius 3 is 2.69 bits per heavy atom. The van der Waals surface area contributed by atoms with E-state index in [1.807, 2.05) is 36.7 Å². The summed E-state index contributed by atoms with van der Waals surface area (Å²) >= 11 is 0. The van der Waals surface area contributed by atoms with Gasteiger partial charge in [0.2, 0.25) is 0 Å². The first-order valence-electron chi connectivity index (χ1n) is 12.0. The molecular formula is C27H23F2N5O2. The fourth-order valence-electron chi connectivity index (χ4n) is 5.79. The first-order chi connectivity index (χ1) is 17.3. The molecule has 3 aliphatic rings. The topological polar surface area (TPSA) is 85.8 Å². The number of alkyl halides is 2. The highest BCUT2D eigenvalue weighted by Gasteiger charge is 2.46. The lowest BCUT2D eigenvalue weighted by Gasteiger charge is -2.23. The highest BCUT2D eigenvalue weighted by Crippen LogP contribution is 2.53. The summed E-state index contributed by atoms with van der Waals surface area (Å²) in [7, 11) is 1.74. The van der Waals surface area contributed by atoms with Crippen LogP contribution in [-0.4, -0.2) is 39.1 Å². The van der Waals surface area contributed by atoms with Crippen molar-refractivity contribution in [1.82, 2.24) is 19.5 Å². The van der Waals surface area contributed by atoms with E-state index in [4.69, 9.17) is 15.6 Å². The number of ether oxygens (including phenoxy) is 1. The molecule has 3 aromatic heterocycles. The molecule has 7 rings (SSSR count). The van der Waals surface area contributed by atoms with Gasteiger partial charge in [0.05, 0.1) is 28.5 Å². The van der Waals surface area contributed by atoms with Gasteiger partial charge in [0, 0.05) is 47.6 Å². The van der Waals surface area contributed by atoms with Crippen LogP contribution in [0.25, 0.3) is 16.6 Å². The summed E-state index contributed by atoms with van der Waals surface area (Å²) in [4.78, 5) is 19.5. The number of pyridine rings is 2. The molecule has 7 nitrogen and oxygen atoms in total. The molecule has 4 aromatic rings. The quantitative estimate of drug-likeness (QED) is 0.455. The van der Waals surface area contributed by atoms with Gasteiger partial charge in [-0.05, 0) is 55.2 Å². The van der Waals surface area contributed by atoms with Crippen LogP contribution in [0.5, 0.6) is 5.75 Å². The number of carbonyl (C=O) groups is 1. The Hall–Kier alpha value is -3.85. The number of halogens is 2. The third-order valence-corrected chi connectivity index (χ3v) is 7.87. The van der Waals surface area contributed by atoms with E-state index in [1.165, 1.54) is 6.07 Å². The third-order valence-electron chi connectivity index (χ3n) is 7.87. The Kier molecular flexibility index (Phi) is 4.36. The van der Waals surface area contributed by atoms with E-state index in [1.54, 1.807) is 28.6 Å². The molecule has 1 aliphatic heterocycles. The Bertz CT molecular complexity index is 1540. The maximum atomic E-state index is 13.3. The van der Waals surface area contributed by atoms with E-state index in [0.29, 0.717) is 17.5 Å². The highest BCUT2D eigenvalue weighted by atomic mass is 19.3. The maximum Gasteiger partial charge on any atom is 0.387 e. The molecule has 0 spiro atoms. The van der Waals surface area contributed by atoms with E-state index in [9.17, 15) is 13.6 Å². The van der Waals surface area contributed by atoms with Gasteiger partial charge in [-0.15, -0.1) is 0 Å². The Labute approximate surface area is 205 Å². The predicted octanol–water partition coefficient (Wildman–Crippen LogP) is 4.61. The van der Waals surface area contributed by atoms with Crippen molar-refractivity contribution in [3.8, 4) is 16.9 Å². The molecule has 2 atom stereocenters. The zero-order valence-electron chi connectivity index (χ0n) is 19.5. The zero-order valence-corrected chi connectivity index (χ0v) is 19.5. The minimum atomic E-state index is -2.99. The largest absolute Gasteiger partial charge is 0.434 e. The summed E-state index contributed by atoms with van der Waals surface area (Å²) in [5, 5.41) is 4.82. The lowest BCUT2D eigenvalue weighted by molar-refractivity contribution is -0.0505. The normalized spacial score (nSPS) is 21.5. The molecule has 2 N–H and O–H groups in total. The molecule has 1 saturated carbocycles. The second kappa shape index (κ2) is 7.33. The highest BCUT2D eigenvalue weighted by molar-refractivity contribution is 5.98. The third kappa shape index (κ3) is 3.02. The second-order valence-electron chi connectivity index (χ2n) is 9.95. The first kappa shape index (κ1) is 21.4. The number of amides is 1. The molecule has 1 fully saturated rings. The van der Waals surface area contributed by atoms with Gasteiger partial charge in [-0.2, -0.15) is 13.9 Å². The van der Waals surface area contributed by atoms with Gasteiger partial charge >= 0.3 is 6.61 Å². The van der Waals surface area contributed by atoms with Crippen molar-refractivity contribution in [2.24, 2.45) is 5.73 Å². The van der Waals surface area contributed by atoms with E-state index in [0.717, 1.165) is 46.4 Å². The van der Waals surface area contributed by atoms with Gasteiger partial charge in [-0.3, -0.25) is 9.78 Å². The molecule has 0 saturated heterocycles. The minimum absolute atomic E-state index is 0.0360. The van der Waals surface area contributed by atoms with Crippen molar-refractivity contribution < 1.29 is 18.3 Å². The van der Waals surface area contributed by atoms with Gasteiger partial charge < -0.3 is 15.4 Å². The van der Waals surface area contributed by atoms with Crippen molar-refractivity contribution in [2.45, 2.75) is 43.4 Å². The smallest absolute Gasteiger partial charge is 0.387 e. The van der Waals surface area contributed by atoms with Gasteiger partial charge in [0.15, 0.2) is 0 Å². The van der Waals surface area contributed by atoms with Crippen LogP contribution in [0.2, 0.25) is 0 Å². The SMILES string of the molecule is CN1C(=O)c2cccc(OC(F)F)c2C2CC1c1nn3ccc(-c4ccc(C5(N)CC5)nc4)cc3c12. The molecule has 182 valence electrons. The van der Waals surface area contributed by atoms with Crippen LogP contribution < -0.4 is 10.5 Å². The number of nitrogens with zero attached hydrogens (tertiary/aromatic N) is 4. The maximum absolute atomic E-state index is 13.3. The van der Waals surface area contributed by atoms with Gasteiger partial charge in [0.1, 0.15) is 5.75 Å². The summed E-state index contributed by atoms with van der Waals surface area (Å²) in [6.45, 7) is -2.99. The summed E-state index contributed by atoms with van der Waals surface area (Å²) in [5.41, 5.74) is 12.3. The fraction of sp³-hybridized carbons (Fsp3) is 0.296. The number of aromatic nitrogens is 3. The molecule has 4 heterocycles. The van der Waals surface area contributed by atoms with Crippen LogP contribution in [0.3, 0.4) is 0 Å². The summed E-state index contributed by atoms with van der Waals surface area (Å²) in [6.07, 6.45) is 6.19. The number of rotatable bonds is 4. The molecular weight excluding hydrogens is 464 g/mol. The Morgan fingerprint density at radius 1 is 1.14 bits per heavy atom. The van der Waals surface area contributed by atoms with Crippen LogP contribution in [0, 0.1) is 0 Å². The average molecular weight is 488 g/mol. The van der Waals surface area contributed by atoms with E-state index in [2.05, 4.69) is 4.98 Å². The number of fused-ring (bicyclic) bond motifs is 9. The van der Waals surface area contributed by atoms with Crippen molar-refractivity contribution in [2.75, 3.05) is 7.05 Å². The standard InChI is InChI=1S/C27H23F2N5O2/c1-33-19-12-17(22-16(25(33)35)3-2-4-20(22)36-26(28)29)23-18-11-14(7-10-34(18)32-24(19)23)15-5-6-21(31-13-15)27(30)8-9-27/h2-7,10-11,13,17,19,26H,8-9,12,30H2,1H3. The molecule has 1 amide bonds. The number of hydrogen-bond donors (Lipinski definition) is 1. The van der Waals surface area contributed by atoms with Crippen molar-refractivity contribution >= 4 is 11.4 Å². The lowest BCUT2D eigenvalue weighted by atomic mass is 9.88.